The van der Waals surface area contributed by atoms with Gasteiger partial charge in [0.05, 0.1) is 16.6 Å². The number of fused-ring (bicyclic) bond motifs is 1. The molecule has 134 valence electrons. The number of rotatable bonds is 3. The van der Waals surface area contributed by atoms with Crippen molar-refractivity contribution in [2.24, 2.45) is 0 Å². The summed E-state index contributed by atoms with van der Waals surface area (Å²) < 4.78 is 5.19. The minimum Gasteiger partial charge on any atom is -0.508 e. The number of aromatic hydroxyl groups is 1. The molecule has 0 spiro atoms. The van der Waals surface area contributed by atoms with Gasteiger partial charge in [0.25, 0.3) is 11.6 Å². The summed E-state index contributed by atoms with van der Waals surface area (Å²) in [6, 6.07) is 9.21. The van der Waals surface area contributed by atoms with Crippen LogP contribution in [0.3, 0.4) is 0 Å². The van der Waals surface area contributed by atoms with E-state index in [-0.39, 0.29) is 11.7 Å². The van der Waals surface area contributed by atoms with E-state index in [1.54, 1.807) is 18.3 Å². The number of benzene rings is 1. The molecule has 6 nitrogen and oxygen atoms in total. The third-order valence-corrected chi connectivity index (χ3v) is 5.13. The number of carbonyl (C=O) groups is 1. The lowest BCUT2D eigenvalue weighted by atomic mass is 9.89. The standard InChI is InChI=1S/C20H21N3O3/c1-2-18-17-11-15(12-21-19(17)26-22-18)20(25)23-9-7-14(8-10-23)13-3-5-16(24)6-4-13/h3-6,11-12,14,24H,2,7-10H2,1H3. The zero-order chi connectivity index (χ0) is 18.1. The summed E-state index contributed by atoms with van der Waals surface area (Å²) in [7, 11) is 0. The van der Waals surface area contributed by atoms with Gasteiger partial charge in [-0.25, -0.2) is 4.98 Å². The number of phenolic OH excluding ortho intramolecular Hbond substituents is 1. The maximum atomic E-state index is 12.9. The molecule has 0 atom stereocenters. The number of piperidine rings is 1. The zero-order valence-corrected chi connectivity index (χ0v) is 14.7. The van der Waals surface area contributed by atoms with Gasteiger partial charge in [0.15, 0.2) is 0 Å². The molecule has 26 heavy (non-hydrogen) atoms. The molecule has 1 aromatic carbocycles. The molecule has 1 aliphatic rings. The second kappa shape index (κ2) is 6.78. The minimum atomic E-state index is 0.00630. The normalized spacial score (nSPS) is 15.5. The summed E-state index contributed by atoms with van der Waals surface area (Å²) >= 11 is 0. The Bertz CT molecular complexity index is 925. The second-order valence-electron chi connectivity index (χ2n) is 6.72. The van der Waals surface area contributed by atoms with Crippen molar-refractivity contribution in [2.75, 3.05) is 13.1 Å². The number of nitrogens with zero attached hydrogens (tertiary/aromatic N) is 3. The summed E-state index contributed by atoms with van der Waals surface area (Å²) in [5.74, 6) is 0.710. The number of hydrogen-bond acceptors (Lipinski definition) is 5. The highest BCUT2D eigenvalue weighted by Gasteiger charge is 2.25. The second-order valence-corrected chi connectivity index (χ2v) is 6.72. The van der Waals surface area contributed by atoms with Crippen LogP contribution in [0.25, 0.3) is 11.1 Å². The van der Waals surface area contributed by atoms with Crippen molar-refractivity contribution in [1.82, 2.24) is 15.0 Å². The first-order valence-corrected chi connectivity index (χ1v) is 8.98. The van der Waals surface area contributed by atoms with Gasteiger partial charge in [-0.1, -0.05) is 24.2 Å². The quantitative estimate of drug-likeness (QED) is 0.781. The van der Waals surface area contributed by atoms with Crippen molar-refractivity contribution in [1.29, 1.82) is 0 Å². The summed E-state index contributed by atoms with van der Waals surface area (Å²) in [5, 5.41) is 14.2. The van der Waals surface area contributed by atoms with E-state index in [1.165, 1.54) is 5.56 Å². The number of pyridine rings is 1. The Morgan fingerprint density at radius 1 is 1.27 bits per heavy atom. The predicted molar refractivity (Wildman–Crippen MR) is 97.2 cm³/mol. The molecule has 3 aromatic rings. The average Bonchev–Trinajstić information content (AvgIpc) is 3.10. The third kappa shape index (κ3) is 3.03. The smallest absolute Gasteiger partial charge is 0.257 e. The molecule has 2 aromatic heterocycles. The molecule has 0 bridgehead atoms. The van der Waals surface area contributed by atoms with Gasteiger partial charge in [-0.2, -0.15) is 0 Å². The molecule has 1 N–H and O–H groups in total. The first-order chi connectivity index (χ1) is 12.7. The molecule has 0 radical (unpaired) electrons. The van der Waals surface area contributed by atoms with Gasteiger partial charge in [0.2, 0.25) is 0 Å². The fourth-order valence-corrected chi connectivity index (χ4v) is 3.60. The fraction of sp³-hybridized carbons (Fsp3) is 0.350. The van der Waals surface area contributed by atoms with Crippen molar-refractivity contribution in [2.45, 2.75) is 32.1 Å². The highest BCUT2D eigenvalue weighted by Crippen LogP contribution is 2.30. The molecular formula is C20H21N3O3. The summed E-state index contributed by atoms with van der Waals surface area (Å²) in [4.78, 5) is 19.0. The van der Waals surface area contributed by atoms with Crippen LogP contribution >= 0.6 is 0 Å². The van der Waals surface area contributed by atoms with Crippen LogP contribution in [0.15, 0.2) is 41.1 Å². The summed E-state index contributed by atoms with van der Waals surface area (Å²) in [6.07, 6.45) is 4.14. The van der Waals surface area contributed by atoms with Gasteiger partial charge in [0.1, 0.15) is 5.75 Å². The molecule has 6 heteroatoms. The Labute approximate surface area is 151 Å². The monoisotopic (exact) mass is 351 g/mol. The molecular weight excluding hydrogens is 330 g/mol. The van der Waals surface area contributed by atoms with Gasteiger partial charge in [-0.3, -0.25) is 4.79 Å². The Balaban J connectivity index is 1.47. The van der Waals surface area contributed by atoms with Gasteiger partial charge >= 0.3 is 0 Å². The van der Waals surface area contributed by atoms with E-state index >= 15 is 0 Å². The first-order valence-electron chi connectivity index (χ1n) is 8.98. The predicted octanol–water partition coefficient (Wildman–Crippen LogP) is 3.51. The molecule has 4 rings (SSSR count). The lowest BCUT2D eigenvalue weighted by Crippen LogP contribution is -2.37. The molecule has 0 unspecified atom stereocenters. The molecule has 1 aliphatic heterocycles. The summed E-state index contributed by atoms with van der Waals surface area (Å²) in [6.45, 7) is 3.43. The first kappa shape index (κ1) is 16.6. The van der Waals surface area contributed by atoms with Crippen molar-refractivity contribution < 1.29 is 14.4 Å². The van der Waals surface area contributed by atoms with Gasteiger partial charge in [-0.15, -0.1) is 0 Å². The van der Waals surface area contributed by atoms with Crippen molar-refractivity contribution in [3.05, 3.63) is 53.3 Å². The van der Waals surface area contributed by atoms with Crippen molar-refractivity contribution in [3.63, 3.8) is 0 Å². The number of aromatic nitrogens is 2. The van der Waals surface area contributed by atoms with Crippen LogP contribution in [0.2, 0.25) is 0 Å². The van der Waals surface area contributed by atoms with E-state index in [2.05, 4.69) is 10.1 Å². The Morgan fingerprint density at radius 3 is 2.69 bits per heavy atom. The van der Waals surface area contributed by atoms with E-state index in [0.29, 0.717) is 30.3 Å². The summed E-state index contributed by atoms with van der Waals surface area (Å²) in [5.41, 5.74) is 3.10. The molecule has 0 aliphatic carbocycles. The molecule has 3 heterocycles. The van der Waals surface area contributed by atoms with E-state index in [9.17, 15) is 9.90 Å². The van der Waals surface area contributed by atoms with Crippen LogP contribution in [0.4, 0.5) is 0 Å². The topological polar surface area (TPSA) is 79.5 Å². The van der Waals surface area contributed by atoms with E-state index < -0.39 is 0 Å². The van der Waals surface area contributed by atoms with Crippen LogP contribution in [-0.4, -0.2) is 39.1 Å². The Morgan fingerprint density at radius 2 is 2.00 bits per heavy atom. The average molecular weight is 351 g/mol. The van der Waals surface area contributed by atoms with Gasteiger partial charge in [0, 0.05) is 19.3 Å². The Kier molecular flexibility index (Phi) is 4.32. The van der Waals surface area contributed by atoms with Gasteiger partial charge < -0.3 is 14.5 Å². The number of likely N-dealkylation sites (tertiary alicyclic amines) is 1. The number of carbonyl (C=O) groups excluding carboxylic acids is 1. The molecule has 1 saturated heterocycles. The SMILES string of the molecule is CCc1noc2ncc(C(=O)N3CCC(c4ccc(O)cc4)CC3)cc12. The van der Waals surface area contributed by atoms with Crippen LogP contribution in [0.1, 0.15) is 47.3 Å². The maximum Gasteiger partial charge on any atom is 0.257 e. The number of aryl methyl sites for hydroxylation is 1. The zero-order valence-electron chi connectivity index (χ0n) is 14.7. The van der Waals surface area contributed by atoms with Crippen LogP contribution < -0.4 is 0 Å². The van der Waals surface area contributed by atoms with Crippen LogP contribution in [0, 0.1) is 0 Å². The molecule has 1 amide bonds. The molecule has 0 saturated carbocycles. The maximum absolute atomic E-state index is 12.9. The largest absolute Gasteiger partial charge is 0.508 e. The lowest BCUT2D eigenvalue weighted by molar-refractivity contribution is 0.0713. The minimum absolute atomic E-state index is 0.00630. The molecule has 1 fully saturated rings. The van der Waals surface area contributed by atoms with Crippen LogP contribution in [-0.2, 0) is 6.42 Å². The highest BCUT2D eigenvalue weighted by molar-refractivity contribution is 5.97. The van der Waals surface area contributed by atoms with Crippen LogP contribution in [0.5, 0.6) is 5.75 Å². The number of amides is 1. The number of phenols is 1. The third-order valence-electron chi connectivity index (χ3n) is 5.13. The number of hydrogen-bond donors (Lipinski definition) is 1. The lowest BCUT2D eigenvalue weighted by Gasteiger charge is -2.32. The van der Waals surface area contributed by atoms with E-state index in [0.717, 1.165) is 30.3 Å². The van der Waals surface area contributed by atoms with Crippen molar-refractivity contribution in [3.8, 4) is 5.75 Å². The highest BCUT2D eigenvalue weighted by atomic mass is 16.5. The van der Waals surface area contributed by atoms with Gasteiger partial charge in [-0.05, 0) is 48.9 Å². The van der Waals surface area contributed by atoms with E-state index in [1.807, 2.05) is 30.0 Å². The van der Waals surface area contributed by atoms with E-state index in [4.69, 9.17) is 4.52 Å². The van der Waals surface area contributed by atoms with Crippen molar-refractivity contribution >= 4 is 17.0 Å². The fourth-order valence-electron chi connectivity index (χ4n) is 3.60. The Hall–Kier alpha value is -2.89.